The van der Waals surface area contributed by atoms with Crippen LogP contribution < -0.4 is 15.4 Å². The zero-order valence-electron chi connectivity index (χ0n) is 12.2. The van der Waals surface area contributed by atoms with E-state index in [1.54, 1.807) is 0 Å². The molecule has 116 valence electrons. The van der Waals surface area contributed by atoms with Crippen LogP contribution in [0.4, 0.5) is 10.5 Å². The molecule has 6 heteroatoms. The molecule has 2 amide bonds. The minimum atomic E-state index is -0.316. The SMILES string of the molecule is Cc1cc(OCNC(=O)Nc2ccc(I)cc2)cc(C)c1Cl. The Morgan fingerprint density at radius 2 is 1.77 bits per heavy atom. The summed E-state index contributed by atoms with van der Waals surface area (Å²) in [5.41, 5.74) is 2.62. The first-order valence-corrected chi connectivity index (χ1v) is 8.11. The maximum absolute atomic E-state index is 11.8. The molecular weight excluding hydrogens is 415 g/mol. The number of ether oxygens (including phenoxy) is 1. The molecule has 2 N–H and O–H groups in total. The molecule has 0 unspecified atom stereocenters. The lowest BCUT2D eigenvalue weighted by Gasteiger charge is -2.11. The highest BCUT2D eigenvalue weighted by atomic mass is 127. The molecule has 0 aliphatic carbocycles. The molecule has 0 radical (unpaired) electrons. The predicted octanol–water partition coefficient (Wildman–Crippen LogP) is 4.72. The lowest BCUT2D eigenvalue weighted by atomic mass is 10.1. The van der Waals surface area contributed by atoms with Crippen LogP contribution in [0.2, 0.25) is 5.02 Å². The monoisotopic (exact) mass is 430 g/mol. The number of hydrogen-bond acceptors (Lipinski definition) is 2. The topological polar surface area (TPSA) is 50.4 Å². The van der Waals surface area contributed by atoms with Crippen molar-refractivity contribution in [1.82, 2.24) is 5.32 Å². The molecule has 0 heterocycles. The molecule has 0 atom stereocenters. The number of carbonyl (C=O) groups is 1. The number of hydrogen-bond donors (Lipinski definition) is 2. The highest BCUT2D eigenvalue weighted by Crippen LogP contribution is 2.25. The van der Waals surface area contributed by atoms with Gasteiger partial charge < -0.3 is 15.4 Å². The van der Waals surface area contributed by atoms with E-state index >= 15 is 0 Å². The van der Waals surface area contributed by atoms with Gasteiger partial charge in [-0.3, -0.25) is 0 Å². The quantitative estimate of drug-likeness (QED) is 0.545. The molecule has 2 rings (SSSR count). The van der Waals surface area contributed by atoms with Gasteiger partial charge in [-0.2, -0.15) is 0 Å². The molecule has 0 saturated carbocycles. The summed E-state index contributed by atoms with van der Waals surface area (Å²) in [4.78, 5) is 11.8. The third kappa shape index (κ3) is 4.78. The highest BCUT2D eigenvalue weighted by molar-refractivity contribution is 14.1. The van der Waals surface area contributed by atoms with Gasteiger partial charge in [0.05, 0.1) is 0 Å². The van der Waals surface area contributed by atoms with Gasteiger partial charge in [0, 0.05) is 14.3 Å². The summed E-state index contributed by atoms with van der Waals surface area (Å²) in [6.07, 6.45) is 0. The van der Waals surface area contributed by atoms with E-state index in [2.05, 4.69) is 33.2 Å². The van der Waals surface area contributed by atoms with Crippen LogP contribution in [0.3, 0.4) is 0 Å². The van der Waals surface area contributed by atoms with E-state index in [0.29, 0.717) is 5.75 Å². The Labute approximate surface area is 148 Å². The molecule has 2 aromatic rings. The summed E-state index contributed by atoms with van der Waals surface area (Å²) >= 11 is 8.31. The molecule has 0 aliphatic rings. The van der Waals surface area contributed by atoms with E-state index in [1.165, 1.54) is 0 Å². The maximum atomic E-state index is 11.8. The lowest BCUT2D eigenvalue weighted by Crippen LogP contribution is -2.32. The van der Waals surface area contributed by atoms with Crippen molar-refractivity contribution < 1.29 is 9.53 Å². The molecule has 0 bridgehead atoms. The van der Waals surface area contributed by atoms with Crippen molar-refractivity contribution in [1.29, 1.82) is 0 Å². The van der Waals surface area contributed by atoms with Crippen LogP contribution in [0.15, 0.2) is 36.4 Å². The molecule has 4 nitrogen and oxygen atoms in total. The van der Waals surface area contributed by atoms with Crippen LogP contribution >= 0.6 is 34.2 Å². The van der Waals surface area contributed by atoms with Crippen molar-refractivity contribution in [3.8, 4) is 5.75 Å². The van der Waals surface area contributed by atoms with Crippen LogP contribution in [0.25, 0.3) is 0 Å². The summed E-state index contributed by atoms with van der Waals surface area (Å²) in [7, 11) is 0. The average Bonchev–Trinajstić information content (AvgIpc) is 2.47. The normalized spacial score (nSPS) is 10.2. The molecule has 0 fully saturated rings. The van der Waals surface area contributed by atoms with E-state index in [1.807, 2.05) is 50.2 Å². The zero-order valence-corrected chi connectivity index (χ0v) is 15.2. The molecular formula is C16H16ClIN2O2. The van der Waals surface area contributed by atoms with E-state index < -0.39 is 0 Å². The summed E-state index contributed by atoms with van der Waals surface area (Å²) in [6.45, 7) is 3.91. The molecule has 0 spiro atoms. The molecule has 0 saturated heterocycles. The lowest BCUT2D eigenvalue weighted by molar-refractivity contribution is 0.234. The summed E-state index contributed by atoms with van der Waals surface area (Å²) in [6, 6.07) is 10.9. The third-order valence-corrected chi connectivity index (χ3v) is 4.30. The van der Waals surface area contributed by atoms with Gasteiger partial charge in [0.25, 0.3) is 0 Å². The largest absolute Gasteiger partial charge is 0.473 e. The molecule has 0 aliphatic heterocycles. The maximum Gasteiger partial charge on any atom is 0.321 e. The van der Waals surface area contributed by atoms with Crippen molar-refractivity contribution >= 4 is 45.9 Å². The number of urea groups is 1. The van der Waals surface area contributed by atoms with Crippen LogP contribution in [-0.2, 0) is 0 Å². The van der Waals surface area contributed by atoms with Crippen LogP contribution in [-0.4, -0.2) is 12.8 Å². The van der Waals surface area contributed by atoms with E-state index in [-0.39, 0.29) is 12.8 Å². The number of aryl methyl sites for hydroxylation is 2. The first-order valence-electron chi connectivity index (χ1n) is 6.65. The fourth-order valence-corrected chi connectivity index (χ4v) is 2.35. The van der Waals surface area contributed by atoms with Gasteiger partial charge in [-0.15, -0.1) is 0 Å². The predicted molar refractivity (Wildman–Crippen MR) is 97.7 cm³/mol. The fraction of sp³-hybridized carbons (Fsp3) is 0.188. The Morgan fingerprint density at radius 3 is 2.36 bits per heavy atom. The number of nitrogens with one attached hydrogen (secondary N) is 2. The Hall–Kier alpha value is -1.47. The van der Waals surface area contributed by atoms with Crippen molar-refractivity contribution in [2.75, 3.05) is 12.0 Å². The second-order valence-corrected chi connectivity index (χ2v) is 6.42. The fourth-order valence-electron chi connectivity index (χ4n) is 1.88. The summed E-state index contributed by atoms with van der Waals surface area (Å²) < 4.78 is 6.63. The molecule has 2 aromatic carbocycles. The second-order valence-electron chi connectivity index (χ2n) is 4.80. The van der Waals surface area contributed by atoms with E-state index in [0.717, 1.165) is 25.4 Å². The van der Waals surface area contributed by atoms with Gasteiger partial charge >= 0.3 is 6.03 Å². The third-order valence-electron chi connectivity index (χ3n) is 2.98. The standard InChI is InChI=1S/C16H16ClIN2O2/c1-10-7-14(8-11(2)15(10)17)22-9-19-16(21)20-13-5-3-12(18)4-6-13/h3-8H,9H2,1-2H3,(H2,19,20,21). The van der Waals surface area contributed by atoms with Crippen molar-refractivity contribution in [3.05, 3.63) is 56.1 Å². The Balaban J connectivity index is 1.83. The van der Waals surface area contributed by atoms with Gasteiger partial charge in [-0.25, -0.2) is 4.79 Å². The summed E-state index contributed by atoms with van der Waals surface area (Å²) in [5, 5.41) is 6.11. The van der Waals surface area contributed by atoms with E-state index in [9.17, 15) is 4.79 Å². The van der Waals surface area contributed by atoms with Gasteiger partial charge in [0.15, 0.2) is 6.73 Å². The number of anilines is 1. The smallest absolute Gasteiger partial charge is 0.321 e. The number of halogens is 2. The van der Waals surface area contributed by atoms with Gasteiger partial charge in [0.1, 0.15) is 5.75 Å². The minimum absolute atomic E-state index is 0.0801. The van der Waals surface area contributed by atoms with Crippen LogP contribution in [0.5, 0.6) is 5.75 Å². The zero-order chi connectivity index (χ0) is 16.1. The molecule has 22 heavy (non-hydrogen) atoms. The first-order chi connectivity index (χ1) is 10.5. The number of rotatable bonds is 4. The van der Waals surface area contributed by atoms with E-state index in [4.69, 9.17) is 16.3 Å². The second kappa shape index (κ2) is 7.69. The Morgan fingerprint density at radius 1 is 1.18 bits per heavy atom. The van der Waals surface area contributed by atoms with Crippen LogP contribution in [0, 0.1) is 17.4 Å². The number of amides is 2. The van der Waals surface area contributed by atoms with Crippen molar-refractivity contribution in [3.63, 3.8) is 0 Å². The summed E-state index contributed by atoms with van der Waals surface area (Å²) in [5.74, 6) is 0.675. The highest BCUT2D eigenvalue weighted by Gasteiger charge is 2.05. The van der Waals surface area contributed by atoms with Gasteiger partial charge in [-0.05, 0) is 84.0 Å². The number of benzene rings is 2. The van der Waals surface area contributed by atoms with Gasteiger partial charge in [0.2, 0.25) is 0 Å². The Kier molecular flexibility index (Phi) is 5.90. The molecule has 0 aromatic heterocycles. The Bertz CT molecular complexity index is 651. The number of carbonyl (C=O) groups excluding carboxylic acids is 1. The average molecular weight is 431 g/mol. The van der Waals surface area contributed by atoms with Gasteiger partial charge in [-0.1, -0.05) is 11.6 Å². The van der Waals surface area contributed by atoms with Crippen molar-refractivity contribution in [2.24, 2.45) is 0 Å². The van der Waals surface area contributed by atoms with Crippen molar-refractivity contribution in [2.45, 2.75) is 13.8 Å². The van der Waals surface area contributed by atoms with Crippen LogP contribution in [0.1, 0.15) is 11.1 Å². The first kappa shape index (κ1) is 16.9. The minimum Gasteiger partial charge on any atom is -0.473 e.